The number of para-hydroxylation sites is 1. The lowest BCUT2D eigenvalue weighted by Crippen LogP contribution is -2.44. The van der Waals surface area contributed by atoms with Crippen molar-refractivity contribution in [2.45, 2.75) is 39.2 Å². The number of carbonyl (C=O) groups is 3. The van der Waals surface area contributed by atoms with E-state index in [0.29, 0.717) is 12.0 Å². The van der Waals surface area contributed by atoms with Gasteiger partial charge in [-0.15, -0.1) is 0 Å². The number of carbonyl (C=O) groups excluding carboxylic acids is 3. The Balaban J connectivity index is 1.81. The molecule has 146 valence electrons. The van der Waals surface area contributed by atoms with E-state index in [1.807, 2.05) is 69.3 Å². The Labute approximate surface area is 164 Å². The minimum absolute atomic E-state index is 0.323. The van der Waals surface area contributed by atoms with Gasteiger partial charge in [0.25, 0.3) is 5.91 Å². The average Bonchev–Trinajstić information content (AvgIpc) is 2.95. The van der Waals surface area contributed by atoms with Gasteiger partial charge in [-0.25, -0.2) is 4.79 Å². The molecule has 0 aliphatic carbocycles. The monoisotopic (exact) mass is 379 g/mol. The molecule has 28 heavy (non-hydrogen) atoms. The summed E-state index contributed by atoms with van der Waals surface area (Å²) in [6.07, 6.45) is 1.17. The van der Waals surface area contributed by atoms with Crippen molar-refractivity contribution in [3.63, 3.8) is 0 Å². The van der Waals surface area contributed by atoms with Gasteiger partial charge >= 0.3 is 6.03 Å². The maximum atomic E-state index is 13.1. The van der Waals surface area contributed by atoms with Crippen molar-refractivity contribution >= 4 is 23.5 Å². The van der Waals surface area contributed by atoms with Crippen LogP contribution >= 0.6 is 0 Å². The normalized spacial score (nSPS) is 18.9. The van der Waals surface area contributed by atoms with E-state index in [4.69, 9.17) is 0 Å². The van der Waals surface area contributed by atoms with E-state index < -0.39 is 23.4 Å². The molecule has 1 saturated heterocycles. The number of anilines is 1. The SMILES string of the molecule is CCc1cccc(C)c1NC(=O)CN1C(=O)N[C@](CC)(c2ccccc2)C1=O. The highest BCUT2D eigenvalue weighted by atomic mass is 16.2. The lowest BCUT2D eigenvalue weighted by atomic mass is 9.87. The zero-order valence-electron chi connectivity index (χ0n) is 16.4. The molecule has 1 fully saturated rings. The van der Waals surface area contributed by atoms with Gasteiger partial charge in [0.15, 0.2) is 0 Å². The first kappa shape index (κ1) is 19.6. The maximum Gasteiger partial charge on any atom is 0.325 e. The number of hydrogen-bond acceptors (Lipinski definition) is 3. The molecule has 1 atom stereocenters. The summed E-state index contributed by atoms with van der Waals surface area (Å²) in [6, 6.07) is 14.4. The van der Waals surface area contributed by atoms with Gasteiger partial charge in [-0.2, -0.15) is 0 Å². The lowest BCUT2D eigenvalue weighted by molar-refractivity contribution is -0.134. The quantitative estimate of drug-likeness (QED) is 0.756. The number of nitrogens with one attached hydrogen (secondary N) is 2. The van der Waals surface area contributed by atoms with Crippen LogP contribution in [-0.4, -0.2) is 29.3 Å². The molecule has 0 radical (unpaired) electrons. The van der Waals surface area contributed by atoms with Crippen LogP contribution in [0.15, 0.2) is 48.5 Å². The summed E-state index contributed by atoms with van der Waals surface area (Å²) in [7, 11) is 0. The molecule has 1 heterocycles. The molecular formula is C22H25N3O3. The molecule has 4 amide bonds. The van der Waals surface area contributed by atoms with E-state index in [2.05, 4.69) is 10.6 Å². The number of imide groups is 1. The molecule has 1 aliphatic heterocycles. The third-order valence-electron chi connectivity index (χ3n) is 5.28. The number of benzene rings is 2. The summed E-state index contributed by atoms with van der Waals surface area (Å²) < 4.78 is 0. The topological polar surface area (TPSA) is 78.5 Å². The van der Waals surface area contributed by atoms with E-state index in [-0.39, 0.29) is 6.54 Å². The Kier molecular flexibility index (Phi) is 5.49. The van der Waals surface area contributed by atoms with Crippen molar-refractivity contribution in [2.24, 2.45) is 0 Å². The van der Waals surface area contributed by atoms with Gasteiger partial charge in [-0.1, -0.05) is 62.4 Å². The van der Waals surface area contributed by atoms with Crippen LogP contribution in [0.3, 0.4) is 0 Å². The van der Waals surface area contributed by atoms with Crippen LogP contribution in [0.2, 0.25) is 0 Å². The molecule has 0 unspecified atom stereocenters. The standard InChI is InChI=1S/C22H25N3O3/c1-4-16-11-9-10-15(3)19(16)23-18(26)14-25-20(27)22(5-2,24-21(25)28)17-12-7-6-8-13-17/h6-13H,4-5,14H2,1-3H3,(H,23,26)(H,24,28)/t22-/m1/s1. The third-order valence-corrected chi connectivity index (χ3v) is 5.28. The molecule has 0 bridgehead atoms. The Morgan fingerprint density at radius 2 is 1.79 bits per heavy atom. The van der Waals surface area contributed by atoms with Crippen LogP contribution in [-0.2, 0) is 21.5 Å². The number of amides is 4. The van der Waals surface area contributed by atoms with Crippen molar-refractivity contribution in [1.29, 1.82) is 0 Å². The molecule has 2 N–H and O–H groups in total. The summed E-state index contributed by atoms with van der Waals surface area (Å²) in [5, 5.41) is 5.66. The molecule has 0 saturated carbocycles. The van der Waals surface area contributed by atoms with Crippen LogP contribution < -0.4 is 10.6 Å². The molecular weight excluding hydrogens is 354 g/mol. The Morgan fingerprint density at radius 3 is 2.43 bits per heavy atom. The van der Waals surface area contributed by atoms with E-state index in [1.165, 1.54) is 0 Å². The first-order valence-corrected chi connectivity index (χ1v) is 9.51. The van der Waals surface area contributed by atoms with Crippen molar-refractivity contribution in [3.05, 3.63) is 65.2 Å². The van der Waals surface area contributed by atoms with Gasteiger partial charge in [0.05, 0.1) is 0 Å². The molecule has 6 heteroatoms. The maximum absolute atomic E-state index is 13.1. The Hall–Kier alpha value is -3.15. The minimum atomic E-state index is -1.13. The van der Waals surface area contributed by atoms with Gasteiger partial charge in [0, 0.05) is 5.69 Å². The zero-order chi connectivity index (χ0) is 20.3. The zero-order valence-corrected chi connectivity index (χ0v) is 16.4. The number of aryl methyl sites for hydroxylation is 2. The van der Waals surface area contributed by atoms with E-state index >= 15 is 0 Å². The van der Waals surface area contributed by atoms with Crippen molar-refractivity contribution in [1.82, 2.24) is 10.2 Å². The van der Waals surface area contributed by atoms with Crippen molar-refractivity contribution in [2.75, 3.05) is 11.9 Å². The van der Waals surface area contributed by atoms with Crippen LogP contribution in [0.5, 0.6) is 0 Å². The number of urea groups is 1. The molecule has 1 aliphatic rings. The van der Waals surface area contributed by atoms with Gasteiger partial charge in [0.2, 0.25) is 5.91 Å². The fourth-order valence-electron chi connectivity index (χ4n) is 3.66. The van der Waals surface area contributed by atoms with Gasteiger partial charge < -0.3 is 10.6 Å². The van der Waals surface area contributed by atoms with Gasteiger partial charge in [-0.05, 0) is 36.5 Å². The summed E-state index contributed by atoms with van der Waals surface area (Å²) in [5.41, 5.74) is 2.28. The van der Waals surface area contributed by atoms with Crippen LogP contribution in [0.1, 0.15) is 37.0 Å². The molecule has 2 aromatic rings. The smallest absolute Gasteiger partial charge is 0.324 e. The largest absolute Gasteiger partial charge is 0.325 e. The highest BCUT2D eigenvalue weighted by Crippen LogP contribution is 2.32. The second kappa shape index (κ2) is 7.84. The highest BCUT2D eigenvalue weighted by molar-refractivity contribution is 6.10. The Morgan fingerprint density at radius 1 is 1.07 bits per heavy atom. The third kappa shape index (κ3) is 3.38. The van der Waals surface area contributed by atoms with Crippen LogP contribution in [0.25, 0.3) is 0 Å². The number of nitrogens with zero attached hydrogens (tertiary/aromatic N) is 1. The minimum Gasteiger partial charge on any atom is -0.324 e. The second-order valence-corrected chi connectivity index (χ2v) is 6.96. The first-order chi connectivity index (χ1) is 13.4. The summed E-state index contributed by atoms with van der Waals surface area (Å²) >= 11 is 0. The van der Waals surface area contributed by atoms with Crippen LogP contribution in [0, 0.1) is 6.92 Å². The fourth-order valence-corrected chi connectivity index (χ4v) is 3.66. The highest BCUT2D eigenvalue weighted by Gasteiger charge is 2.51. The summed E-state index contributed by atoms with van der Waals surface area (Å²) in [6.45, 7) is 5.45. The Bertz CT molecular complexity index is 910. The summed E-state index contributed by atoms with van der Waals surface area (Å²) in [5.74, 6) is -0.797. The predicted octanol–water partition coefficient (Wildman–Crippen LogP) is 3.35. The van der Waals surface area contributed by atoms with Crippen molar-refractivity contribution < 1.29 is 14.4 Å². The van der Waals surface area contributed by atoms with Crippen LogP contribution in [0.4, 0.5) is 10.5 Å². The fraction of sp³-hybridized carbons (Fsp3) is 0.318. The number of hydrogen-bond donors (Lipinski definition) is 2. The molecule has 0 spiro atoms. The molecule has 6 nitrogen and oxygen atoms in total. The average molecular weight is 379 g/mol. The summed E-state index contributed by atoms with van der Waals surface area (Å²) in [4.78, 5) is 39.3. The van der Waals surface area contributed by atoms with E-state index in [9.17, 15) is 14.4 Å². The van der Waals surface area contributed by atoms with E-state index in [1.54, 1.807) is 0 Å². The predicted molar refractivity (Wildman–Crippen MR) is 108 cm³/mol. The molecule has 2 aromatic carbocycles. The first-order valence-electron chi connectivity index (χ1n) is 9.51. The van der Waals surface area contributed by atoms with E-state index in [0.717, 1.165) is 28.1 Å². The lowest BCUT2D eigenvalue weighted by Gasteiger charge is -2.25. The van der Waals surface area contributed by atoms with Gasteiger partial charge in [0.1, 0.15) is 12.1 Å². The molecule has 3 rings (SSSR count). The second-order valence-electron chi connectivity index (χ2n) is 6.96. The molecule has 0 aromatic heterocycles. The number of rotatable bonds is 6. The van der Waals surface area contributed by atoms with Gasteiger partial charge in [-0.3, -0.25) is 14.5 Å². The van der Waals surface area contributed by atoms with Crippen molar-refractivity contribution in [3.8, 4) is 0 Å².